The van der Waals surface area contributed by atoms with Crippen molar-refractivity contribution in [2.75, 3.05) is 40.8 Å². The number of nitrogens with zero attached hydrogens (tertiary/aromatic N) is 2. The van der Waals surface area contributed by atoms with Gasteiger partial charge in [-0.05, 0) is 26.1 Å². The number of ether oxygens (including phenoxy) is 1. The molecule has 2 N–H and O–H groups in total. The molecule has 0 bridgehead atoms. The first-order valence-corrected chi connectivity index (χ1v) is 8.39. The van der Waals surface area contributed by atoms with Gasteiger partial charge in [0.15, 0.2) is 0 Å². The molecule has 1 aromatic rings. The second-order valence-electron chi connectivity index (χ2n) is 6.28. The highest BCUT2D eigenvalue weighted by Crippen LogP contribution is 2.01. The number of nitrogens with one attached hydrogen (secondary N) is 1. The molecule has 0 saturated carbocycles. The Bertz CT molecular complexity index is 522. The van der Waals surface area contributed by atoms with Crippen molar-refractivity contribution in [2.24, 2.45) is 0 Å². The Morgan fingerprint density at radius 2 is 1.84 bits per heavy atom. The van der Waals surface area contributed by atoms with Crippen LogP contribution >= 0.6 is 0 Å². The van der Waals surface area contributed by atoms with E-state index < -0.39 is 12.2 Å². The number of benzene rings is 1. The van der Waals surface area contributed by atoms with E-state index in [0.717, 1.165) is 5.56 Å². The third-order valence-electron chi connectivity index (χ3n) is 3.54. The van der Waals surface area contributed by atoms with Crippen molar-refractivity contribution in [3.05, 3.63) is 35.9 Å². The van der Waals surface area contributed by atoms with Gasteiger partial charge >= 0.3 is 6.09 Å². The van der Waals surface area contributed by atoms with Gasteiger partial charge in [0, 0.05) is 33.1 Å². The smallest absolute Gasteiger partial charge is 0.407 e. The van der Waals surface area contributed by atoms with Crippen molar-refractivity contribution in [3.63, 3.8) is 0 Å². The maximum absolute atomic E-state index is 12.0. The van der Waals surface area contributed by atoms with E-state index in [4.69, 9.17) is 4.74 Å². The summed E-state index contributed by atoms with van der Waals surface area (Å²) < 4.78 is 5.09. The molecule has 2 amide bonds. The number of aliphatic hydroxyl groups is 1. The SMILES string of the molecule is CN(C)C[C@H](O)CN(C)C(=O)CCCNC(=O)OCc1ccccc1. The van der Waals surface area contributed by atoms with Gasteiger partial charge in [0.05, 0.1) is 6.10 Å². The molecule has 0 saturated heterocycles. The number of hydrogen-bond acceptors (Lipinski definition) is 5. The van der Waals surface area contributed by atoms with Crippen LogP contribution in [0.15, 0.2) is 30.3 Å². The molecule has 0 aliphatic rings. The van der Waals surface area contributed by atoms with Gasteiger partial charge in [0.25, 0.3) is 0 Å². The minimum Gasteiger partial charge on any atom is -0.445 e. The lowest BCUT2D eigenvalue weighted by molar-refractivity contribution is -0.131. The summed E-state index contributed by atoms with van der Waals surface area (Å²) in [4.78, 5) is 26.9. The van der Waals surface area contributed by atoms with Gasteiger partial charge in [0.2, 0.25) is 5.91 Å². The highest BCUT2D eigenvalue weighted by atomic mass is 16.5. The molecule has 7 heteroatoms. The molecule has 140 valence electrons. The third kappa shape index (κ3) is 9.69. The average Bonchev–Trinajstić information content (AvgIpc) is 2.56. The van der Waals surface area contributed by atoms with Crippen LogP contribution in [0.4, 0.5) is 4.79 Å². The Balaban J connectivity index is 2.13. The number of aliphatic hydroxyl groups excluding tert-OH is 1. The zero-order chi connectivity index (χ0) is 18.7. The van der Waals surface area contributed by atoms with E-state index in [1.165, 1.54) is 4.90 Å². The first-order valence-electron chi connectivity index (χ1n) is 8.39. The van der Waals surface area contributed by atoms with E-state index in [1.807, 2.05) is 49.3 Å². The van der Waals surface area contributed by atoms with E-state index in [1.54, 1.807) is 7.05 Å². The Hall–Kier alpha value is -2.12. The van der Waals surface area contributed by atoms with Gasteiger partial charge in [-0.1, -0.05) is 30.3 Å². The highest BCUT2D eigenvalue weighted by molar-refractivity contribution is 5.76. The van der Waals surface area contributed by atoms with Gasteiger partial charge in [0.1, 0.15) is 6.61 Å². The van der Waals surface area contributed by atoms with Crippen LogP contribution in [0, 0.1) is 0 Å². The predicted octanol–water partition coefficient (Wildman–Crippen LogP) is 1.07. The summed E-state index contributed by atoms with van der Waals surface area (Å²) in [5.74, 6) is -0.0581. The fourth-order valence-corrected chi connectivity index (χ4v) is 2.29. The second-order valence-corrected chi connectivity index (χ2v) is 6.28. The molecule has 0 radical (unpaired) electrons. The van der Waals surface area contributed by atoms with E-state index in [2.05, 4.69) is 5.32 Å². The van der Waals surface area contributed by atoms with Gasteiger partial charge in [-0.3, -0.25) is 4.79 Å². The van der Waals surface area contributed by atoms with Crippen LogP contribution in [0.25, 0.3) is 0 Å². The molecule has 0 aliphatic heterocycles. The summed E-state index contributed by atoms with van der Waals surface area (Å²) >= 11 is 0. The highest BCUT2D eigenvalue weighted by Gasteiger charge is 2.14. The van der Waals surface area contributed by atoms with Gasteiger partial charge in [-0.25, -0.2) is 4.79 Å². The Labute approximate surface area is 149 Å². The molecule has 1 rings (SSSR count). The van der Waals surface area contributed by atoms with Gasteiger partial charge < -0.3 is 25.0 Å². The van der Waals surface area contributed by atoms with E-state index in [0.29, 0.717) is 32.5 Å². The summed E-state index contributed by atoms with van der Waals surface area (Å²) in [6, 6.07) is 9.43. The summed E-state index contributed by atoms with van der Waals surface area (Å²) in [7, 11) is 5.41. The van der Waals surface area contributed by atoms with Gasteiger partial charge in [-0.2, -0.15) is 0 Å². The van der Waals surface area contributed by atoms with E-state index >= 15 is 0 Å². The molecule has 7 nitrogen and oxygen atoms in total. The lowest BCUT2D eigenvalue weighted by Gasteiger charge is -2.23. The summed E-state index contributed by atoms with van der Waals surface area (Å²) in [6.07, 6.45) is -0.238. The Kier molecular flexibility index (Phi) is 9.57. The lowest BCUT2D eigenvalue weighted by Crippen LogP contribution is -2.39. The maximum atomic E-state index is 12.0. The molecular formula is C18H29N3O4. The Morgan fingerprint density at radius 1 is 1.16 bits per heavy atom. The number of carbonyl (C=O) groups excluding carboxylic acids is 2. The predicted molar refractivity (Wildman–Crippen MR) is 96.1 cm³/mol. The molecule has 0 aliphatic carbocycles. The summed E-state index contributed by atoms with van der Waals surface area (Å²) in [5.41, 5.74) is 0.922. The van der Waals surface area contributed by atoms with E-state index in [-0.39, 0.29) is 12.5 Å². The van der Waals surface area contributed by atoms with Crippen LogP contribution in [-0.2, 0) is 16.1 Å². The van der Waals surface area contributed by atoms with Crippen LogP contribution in [0.2, 0.25) is 0 Å². The number of amides is 2. The Morgan fingerprint density at radius 3 is 2.48 bits per heavy atom. The fourth-order valence-electron chi connectivity index (χ4n) is 2.29. The largest absolute Gasteiger partial charge is 0.445 e. The number of hydrogen-bond donors (Lipinski definition) is 2. The van der Waals surface area contributed by atoms with E-state index in [9.17, 15) is 14.7 Å². The average molecular weight is 351 g/mol. The number of alkyl carbamates (subject to hydrolysis) is 1. The second kappa shape index (κ2) is 11.4. The van der Waals surface area contributed by atoms with Crippen molar-refractivity contribution in [2.45, 2.75) is 25.6 Å². The van der Waals surface area contributed by atoms with Crippen molar-refractivity contribution in [3.8, 4) is 0 Å². The van der Waals surface area contributed by atoms with Crippen molar-refractivity contribution in [1.29, 1.82) is 0 Å². The minimum atomic E-state index is -0.574. The van der Waals surface area contributed by atoms with Crippen LogP contribution in [0.1, 0.15) is 18.4 Å². The minimum absolute atomic E-state index is 0.0581. The first-order chi connectivity index (χ1) is 11.9. The molecule has 0 spiro atoms. The third-order valence-corrected chi connectivity index (χ3v) is 3.54. The molecule has 25 heavy (non-hydrogen) atoms. The monoisotopic (exact) mass is 351 g/mol. The zero-order valence-electron chi connectivity index (χ0n) is 15.3. The molecule has 1 atom stereocenters. The van der Waals surface area contributed by atoms with Crippen LogP contribution in [0.3, 0.4) is 0 Å². The topological polar surface area (TPSA) is 82.1 Å². The van der Waals surface area contributed by atoms with Gasteiger partial charge in [-0.15, -0.1) is 0 Å². The van der Waals surface area contributed by atoms with Crippen molar-refractivity contribution >= 4 is 12.0 Å². The summed E-state index contributed by atoms with van der Waals surface area (Å²) in [5, 5.41) is 12.5. The molecule has 0 heterocycles. The zero-order valence-corrected chi connectivity index (χ0v) is 15.3. The molecule has 1 aromatic carbocycles. The van der Waals surface area contributed by atoms with Crippen LogP contribution in [0.5, 0.6) is 0 Å². The standard InChI is InChI=1S/C18H29N3O4/c1-20(2)12-16(22)13-21(3)17(23)10-7-11-19-18(24)25-14-15-8-5-4-6-9-15/h4-6,8-9,16,22H,7,10-14H2,1-3H3,(H,19,24)/t16-/m0/s1. The fraction of sp³-hybridized carbons (Fsp3) is 0.556. The molecule has 0 fully saturated rings. The first kappa shape index (κ1) is 20.9. The molecule has 0 aromatic heterocycles. The quantitative estimate of drug-likeness (QED) is 0.616. The number of likely N-dealkylation sites (N-methyl/N-ethyl adjacent to an activating group) is 2. The summed E-state index contributed by atoms with van der Waals surface area (Å²) in [6.45, 7) is 1.39. The van der Waals surface area contributed by atoms with Crippen LogP contribution < -0.4 is 5.32 Å². The molecular weight excluding hydrogens is 322 g/mol. The molecule has 0 unspecified atom stereocenters. The number of carbonyl (C=O) groups is 2. The normalized spacial score (nSPS) is 11.9. The number of rotatable bonds is 10. The van der Waals surface area contributed by atoms with Crippen molar-refractivity contribution < 1.29 is 19.4 Å². The van der Waals surface area contributed by atoms with Crippen LogP contribution in [-0.4, -0.2) is 73.8 Å². The maximum Gasteiger partial charge on any atom is 0.407 e. The van der Waals surface area contributed by atoms with Crippen molar-refractivity contribution in [1.82, 2.24) is 15.1 Å². The lowest BCUT2D eigenvalue weighted by atomic mass is 10.2.